The molecule has 1 atom stereocenters. The topological polar surface area (TPSA) is 9.23 Å². The van der Waals surface area contributed by atoms with Crippen molar-refractivity contribution in [3.05, 3.63) is 0 Å². The highest BCUT2D eigenvalue weighted by atomic mass is 32.1. The summed E-state index contributed by atoms with van der Waals surface area (Å²) in [6.07, 6.45) is 23.9. The Morgan fingerprint density at radius 2 is 1.04 bits per heavy atom. The molecule has 0 N–H and O–H groups in total. The van der Waals surface area contributed by atoms with Crippen LogP contribution in [-0.4, -0.2) is 11.7 Å². The second kappa shape index (κ2) is 21.6. The van der Waals surface area contributed by atoms with E-state index in [-0.39, 0.29) is 0 Å². The molecule has 0 aliphatic heterocycles. The van der Waals surface area contributed by atoms with Crippen LogP contribution in [0.5, 0.6) is 0 Å². The molecule has 0 radical (unpaired) electrons. The summed E-state index contributed by atoms with van der Waals surface area (Å²) in [6, 6.07) is 0. The van der Waals surface area contributed by atoms with Gasteiger partial charge in [-0.15, -0.1) is 0 Å². The van der Waals surface area contributed by atoms with Crippen LogP contribution in [-0.2, 0) is 4.74 Å². The summed E-state index contributed by atoms with van der Waals surface area (Å²) in [6.45, 7) is 10.0. The first-order valence-corrected chi connectivity index (χ1v) is 13.2. The molecule has 0 aromatic carbocycles. The molecule has 168 valence electrons. The third-order valence-electron chi connectivity index (χ3n) is 5.82. The first kappa shape index (κ1) is 27.9. The van der Waals surface area contributed by atoms with E-state index in [2.05, 4.69) is 27.7 Å². The van der Waals surface area contributed by atoms with E-state index in [1.165, 1.54) is 116 Å². The van der Waals surface area contributed by atoms with E-state index in [0.717, 1.165) is 17.6 Å². The van der Waals surface area contributed by atoms with Gasteiger partial charge in [-0.3, -0.25) is 0 Å². The Labute approximate surface area is 183 Å². The van der Waals surface area contributed by atoms with E-state index >= 15 is 0 Å². The molecule has 0 amide bonds. The van der Waals surface area contributed by atoms with Crippen molar-refractivity contribution in [3.8, 4) is 0 Å². The van der Waals surface area contributed by atoms with Crippen LogP contribution < -0.4 is 0 Å². The molecule has 0 saturated heterocycles. The monoisotopic (exact) mass is 412 g/mol. The van der Waals surface area contributed by atoms with Crippen LogP contribution in [0.4, 0.5) is 0 Å². The molecule has 0 rings (SSSR count). The molecule has 2 heteroatoms. The van der Waals surface area contributed by atoms with E-state index < -0.39 is 0 Å². The maximum absolute atomic E-state index is 6.03. The number of ether oxygens (including phenoxy) is 1. The van der Waals surface area contributed by atoms with Crippen molar-refractivity contribution in [2.75, 3.05) is 6.61 Å². The van der Waals surface area contributed by atoms with Crippen molar-refractivity contribution >= 4 is 17.3 Å². The van der Waals surface area contributed by atoms with Crippen molar-refractivity contribution in [1.82, 2.24) is 0 Å². The van der Waals surface area contributed by atoms with Gasteiger partial charge in [0.15, 0.2) is 5.05 Å². The average molecular weight is 413 g/mol. The van der Waals surface area contributed by atoms with Crippen molar-refractivity contribution in [2.45, 2.75) is 143 Å². The van der Waals surface area contributed by atoms with Crippen molar-refractivity contribution < 1.29 is 4.74 Å². The van der Waals surface area contributed by atoms with E-state index in [9.17, 15) is 0 Å². The quantitative estimate of drug-likeness (QED) is 0.137. The fourth-order valence-corrected chi connectivity index (χ4v) is 4.16. The summed E-state index contributed by atoms with van der Waals surface area (Å²) in [5.74, 6) is 1.35. The van der Waals surface area contributed by atoms with Gasteiger partial charge < -0.3 is 4.74 Å². The minimum absolute atomic E-state index is 0.514. The van der Waals surface area contributed by atoms with Gasteiger partial charge in [0.05, 0.1) is 6.61 Å². The Morgan fingerprint density at radius 1 is 0.607 bits per heavy atom. The molecule has 0 bridgehead atoms. The lowest BCUT2D eigenvalue weighted by Gasteiger charge is -2.19. The first-order chi connectivity index (χ1) is 13.6. The van der Waals surface area contributed by atoms with Crippen LogP contribution in [0.2, 0.25) is 0 Å². The first-order valence-electron chi connectivity index (χ1n) is 12.8. The summed E-state index contributed by atoms with van der Waals surface area (Å²) in [7, 11) is 0. The Bertz CT molecular complexity index is 326. The summed E-state index contributed by atoms with van der Waals surface area (Å²) in [5, 5.41) is 0.922. The highest BCUT2D eigenvalue weighted by Crippen LogP contribution is 2.22. The largest absolute Gasteiger partial charge is 0.487 e. The second-order valence-corrected chi connectivity index (χ2v) is 9.62. The highest BCUT2D eigenvalue weighted by molar-refractivity contribution is 7.80. The summed E-state index contributed by atoms with van der Waals surface area (Å²) < 4.78 is 6.03. The molecular weight excluding hydrogens is 360 g/mol. The van der Waals surface area contributed by atoms with Crippen molar-refractivity contribution in [1.29, 1.82) is 0 Å². The third-order valence-corrected chi connectivity index (χ3v) is 6.27. The van der Waals surface area contributed by atoms with Crippen LogP contribution in [0, 0.1) is 11.8 Å². The molecule has 0 heterocycles. The minimum Gasteiger partial charge on any atom is -0.487 e. The van der Waals surface area contributed by atoms with E-state index in [1.807, 2.05) is 0 Å². The number of hydrogen-bond acceptors (Lipinski definition) is 2. The predicted octanol–water partition coefficient (Wildman–Crippen LogP) is 9.66. The van der Waals surface area contributed by atoms with Gasteiger partial charge >= 0.3 is 0 Å². The van der Waals surface area contributed by atoms with Gasteiger partial charge in [0.2, 0.25) is 0 Å². The van der Waals surface area contributed by atoms with Gasteiger partial charge in [-0.05, 0) is 37.4 Å². The SMILES string of the molecule is CCCCCCCCOC(=S)C(CCCCCCCC)CCCCCC(C)C. The lowest BCUT2D eigenvalue weighted by atomic mass is 9.94. The van der Waals surface area contributed by atoms with Gasteiger partial charge in [0, 0.05) is 5.92 Å². The zero-order valence-electron chi connectivity index (χ0n) is 19.9. The fraction of sp³-hybridized carbons (Fsp3) is 0.962. The van der Waals surface area contributed by atoms with Crippen LogP contribution in [0.1, 0.15) is 143 Å². The molecule has 0 aromatic rings. The standard InChI is InChI=1S/C26H52OS/c1-5-7-9-11-13-17-21-25(22-18-15-16-20-24(3)4)26(28)27-23-19-14-12-10-8-6-2/h24-25H,5-23H2,1-4H3. The molecule has 0 spiro atoms. The Balaban J connectivity index is 4.05. The number of thiocarbonyl (C=S) groups is 1. The minimum atomic E-state index is 0.514. The Hall–Kier alpha value is -0.110. The summed E-state index contributed by atoms with van der Waals surface area (Å²) in [4.78, 5) is 0. The van der Waals surface area contributed by atoms with E-state index in [0.29, 0.717) is 5.92 Å². The van der Waals surface area contributed by atoms with Gasteiger partial charge in [-0.25, -0.2) is 0 Å². The fourth-order valence-electron chi connectivity index (χ4n) is 3.84. The average Bonchev–Trinajstić information content (AvgIpc) is 2.67. The maximum Gasteiger partial charge on any atom is 0.162 e. The Kier molecular flexibility index (Phi) is 21.5. The van der Waals surface area contributed by atoms with Crippen LogP contribution in [0.15, 0.2) is 0 Å². The molecule has 0 aliphatic rings. The lowest BCUT2D eigenvalue weighted by Crippen LogP contribution is -2.17. The molecule has 0 aliphatic carbocycles. The van der Waals surface area contributed by atoms with Crippen LogP contribution in [0.25, 0.3) is 0 Å². The van der Waals surface area contributed by atoms with Crippen molar-refractivity contribution in [2.24, 2.45) is 11.8 Å². The molecule has 1 unspecified atom stereocenters. The zero-order valence-corrected chi connectivity index (χ0v) is 20.7. The van der Waals surface area contributed by atoms with Crippen molar-refractivity contribution in [3.63, 3.8) is 0 Å². The normalized spacial score (nSPS) is 12.5. The van der Waals surface area contributed by atoms with Gasteiger partial charge in [-0.2, -0.15) is 0 Å². The van der Waals surface area contributed by atoms with Crippen LogP contribution >= 0.6 is 12.2 Å². The van der Waals surface area contributed by atoms with Gasteiger partial charge in [0.25, 0.3) is 0 Å². The predicted molar refractivity (Wildman–Crippen MR) is 131 cm³/mol. The molecule has 28 heavy (non-hydrogen) atoms. The van der Waals surface area contributed by atoms with Gasteiger partial charge in [-0.1, -0.05) is 124 Å². The number of hydrogen-bond donors (Lipinski definition) is 0. The smallest absolute Gasteiger partial charge is 0.162 e. The van der Waals surface area contributed by atoms with E-state index in [4.69, 9.17) is 17.0 Å². The number of rotatable bonds is 21. The third kappa shape index (κ3) is 19.2. The van der Waals surface area contributed by atoms with Gasteiger partial charge in [0.1, 0.15) is 0 Å². The van der Waals surface area contributed by atoms with E-state index in [1.54, 1.807) is 0 Å². The maximum atomic E-state index is 6.03. The highest BCUT2D eigenvalue weighted by Gasteiger charge is 2.15. The Morgan fingerprint density at radius 3 is 1.57 bits per heavy atom. The molecule has 1 nitrogen and oxygen atoms in total. The van der Waals surface area contributed by atoms with Crippen LogP contribution in [0.3, 0.4) is 0 Å². The molecule has 0 fully saturated rings. The summed E-state index contributed by atoms with van der Waals surface area (Å²) >= 11 is 5.71. The molecular formula is C26H52OS. The lowest BCUT2D eigenvalue weighted by molar-refractivity contribution is 0.270. The number of unbranched alkanes of at least 4 members (excludes halogenated alkanes) is 12. The second-order valence-electron chi connectivity index (χ2n) is 9.22. The molecule has 0 saturated carbocycles. The zero-order chi connectivity index (χ0) is 20.9. The summed E-state index contributed by atoms with van der Waals surface area (Å²) in [5.41, 5.74) is 0. The molecule has 0 aromatic heterocycles.